The first-order valence-electron chi connectivity index (χ1n) is 7.14. The van der Waals surface area contributed by atoms with E-state index in [4.69, 9.17) is 4.74 Å². The van der Waals surface area contributed by atoms with Gasteiger partial charge in [0.2, 0.25) is 0 Å². The first-order chi connectivity index (χ1) is 9.11. The van der Waals surface area contributed by atoms with Gasteiger partial charge in [0, 0.05) is 6.54 Å². The van der Waals surface area contributed by atoms with Gasteiger partial charge in [-0.15, -0.1) is 0 Å². The highest BCUT2D eigenvalue weighted by Gasteiger charge is 2.01. The van der Waals surface area contributed by atoms with Crippen LogP contribution in [0.1, 0.15) is 25.8 Å². The highest BCUT2D eigenvalue weighted by molar-refractivity contribution is 5.26. The highest BCUT2D eigenvalue weighted by Crippen LogP contribution is 2.12. The van der Waals surface area contributed by atoms with Crippen molar-refractivity contribution in [1.82, 2.24) is 10.2 Å². The second-order valence-corrected chi connectivity index (χ2v) is 5.54. The Morgan fingerprint density at radius 1 is 1.21 bits per heavy atom. The van der Waals surface area contributed by atoms with Gasteiger partial charge in [-0.05, 0) is 56.7 Å². The summed E-state index contributed by atoms with van der Waals surface area (Å²) in [5.41, 5.74) is 1.33. The molecule has 0 bridgehead atoms. The van der Waals surface area contributed by atoms with Gasteiger partial charge in [-0.25, -0.2) is 0 Å². The monoisotopic (exact) mass is 264 g/mol. The van der Waals surface area contributed by atoms with Crippen molar-refractivity contribution < 1.29 is 4.74 Å². The van der Waals surface area contributed by atoms with Gasteiger partial charge in [-0.3, -0.25) is 0 Å². The van der Waals surface area contributed by atoms with Crippen LogP contribution < -0.4 is 10.1 Å². The normalized spacial score (nSPS) is 11.3. The van der Waals surface area contributed by atoms with Crippen LogP contribution in [-0.4, -0.2) is 38.7 Å². The number of methoxy groups -OCH3 is 1. The molecule has 0 radical (unpaired) electrons. The number of hydrogen-bond acceptors (Lipinski definition) is 3. The Hall–Kier alpha value is -1.06. The van der Waals surface area contributed by atoms with Crippen LogP contribution in [0.15, 0.2) is 24.3 Å². The molecule has 1 aromatic rings. The lowest BCUT2D eigenvalue weighted by molar-refractivity contribution is 0.318. The first-order valence-corrected chi connectivity index (χ1v) is 7.14. The maximum Gasteiger partial charge on any atom is 0.118 e. The highest BCUT2D eigenvalue weighted by atomic mass is 16.5. The lowest BCUT2D eigenvalue weighted by Crippen LogP contribution is -2.25. The third-order valence-electron chi connectivity index (χ3n) is 3.06. The Kier molecular flexibility index (Phi) is 7.53. The summed E-state index contributed by atoms with van der Waals surface area (Å²) in [6, 6.07) is 8.30. The van der Waals surface area contributed by atoms with Gasteiger partial charge < -0.3 is 15.0 Å². The van der Waals surface area contributed by atoms with Crippen molar-refractivity contribution in [1.29, 1.82) is 0 Å². The van der Waals surface area contributed by atoms with Gasteiger partial charge in [-0.2, -0.15) is 0 Å². The minimum absolute atomic E-state index is 0.733. The van der Waals surface area contributed by atoms with E-state index in [9.17, 15) is 0 Å². The van der Waals surface area contributed by atoms with Crippen molar-refractivity contribution >= 4 is 0 Å². The quantitative estimate of drug-likeness (QED) is 0.694. The van der Waals surface area contributed by atoms with E-state index >= 15 is 0 Å². The molecule has 0 atom stereocenters. The minimum Gasteiger partial charge on any atom is -0.497 e. The van der Waals surface area contributed by atoms with E-state index in [0.29, 0.717) is 0 Å². The van der Waals surface area contributed by atoms with Crippen LogP contribution in [0.2, 0.25) is 0 Å². The Morgan fingerprint density at radius 3 is 2.47 bits per heavy atom. The van der Waals surface area contributed by atoms with Crippen LogP contribution >= 0.6 is 0 Å². The van der Waals surface area contributed by atoms with E-state index in [1.807, 2.05) is 12.1 Å². The molecule has 0 aliphatic rings. The molecular formula is C16H28N2O. The fourth-order valence-electron chi connectivity index (χ4n) is 1.99. The van der Waals surface area contributed by atoms with Crippen LogP contribution in [0.4, 0.5) is 0 Å². The number of nitrogens with zero attached hydrogens (tertiary/aromatic N) is 1. The molecule has 1 rings (SSSR count). The van der Waals surface area contributed by atoms with E-state index in [1.165, 1.54) is 12.0 Å². The molecule has 1 N–H and O–H groups in total. The number of ether oxygens (including phenoxy) is 1. The molecule has 0 aromatic heterocycles. The number of hydrogen-bond donors (Lipinski definition) is 1. The number of benzene rings is 1. The molecule has 0 spiro atoms. The second kappa shape index (κ2) is 8.94. The topological polar surface area (TPSA) is 24.5 Å². The molecule has 1 aromatic carbocycles. The Bertz CT molecular complexity index is 335. The van der Waals surface area contributed by atoms with Crippen LogP contribution in [0, 0.1) is 5.92 Å². The van der Waals surface area contributed by atoms with Crippen molar-refractivity contribution in [3.63, 3.8) is 0 Å². The molecule has 3 heteroatoms. The molecule has 3 nitrogen and oxygen atoms in total. The smallest absolute Gasteiger partial charge is 0.118 e. The molecule has 0 saturated carbocycles. The molecule has 19 heavy (non-hydrogen) atoms. The summed E-state index contributed by atoms with van der Waals surface area (Å²) in [5.74, 6) is 1.65. The van der Waals surface area contributed by atoms with Gasteiger partial charge in [0.1, 0.15) is 5.75 Å². The average Bonchev–Trinajstić information content (AvgIpc) is 2.39. The zero-order valence-corrected chi connectivity index (χ0v) is 12.8. The van der Waals surface area contributed by atoms with Crippen molar-refractivity contribution in [2.75, 3.05) is 33.8 Å². The van der Waals surface area contributed by atoms with Crippen molar-refractivity contribution in [2.24, 2.45) is 5.92 Å². The summed E-state index contributed by atoms with van der Waals surface area (Å²) in [6.45, 7) is 8.81. The summed E-state index contributed by atoms with van der Waals surface area (Å²) in [4.78, 5) is 2.36. The van der Waals surface area contributed by atoms with Gasteiger partial charge in [-0.1, -0.05) is 26.0 Å². The van der Waals surface area contributed by atoms with E-state index in [-0.39, 0.29) is 0 Å². The van der Waals surface area contributed by atoms with Gasteiger partial charge in [0.25, 0.3) is 0 Å². The lowest BCUT2D eigenvalue weighted by atomic mass is 10.2. The lowest BCUT2D eigenvalue weighted by Gasteiger charge is -2.17. The SMILES string of the molecule is COc1ccc(CN(C)CCCNCC(C)C)cc1. The third-order valence-corrected chi connectivity index (χ3v) is 3.06. The standard InChI is InChI=1S/C16H28N2O/c1-14(2)12-17-10-5-11-18(3)13-15-6-8-16(19-4)9-7-15/h6-9,14,17H,5,10-13H2,1-4H3. The predicted octanol–water partition coefficient (Wildman–Crippen LogP) is 2.76. The third kappa shape index (κ3) is 7.19. The summed E-state index contributed by atoms with van der Waals surface area (Å²) in [7, 11) is 3.87. The maximum absolute atomic E-state index is 5.16. The Labute approximate surface area is 118 Å². The largest absolute Gasteiger partial charge is 0.497 e. The Morgan fingerprint density at radius 2 is 1.89 bits per heavy atom. The van der Waals surface area contributed by atoms with Gasteiger partial charge >= 0.3 is 0 Å². The van der Waals surface area contributed by atoms with Crippen molar-refractivity contribution in [3.8, 4) is 5.75 Å². The molecule has 0 amide bonds. The van der Waals surface area contributed by atoms with Gasteiger partial charge in [0.05, 0.1) is 7.11 Å². The molecule has 0 saturated heterocycles. The van der Waals surface area contributed by atoms with Crippen LogP contribution in [0.25, 0.3) is 0 Å². The van der Waals surface area contributed by atoms with Crippen LogP contribution in [0.5, 0.6) is 5.75 Å². The summed E-state index contributed by atoms with van der Waals surface area (Å²) in [6.07, 6.45) is 1.19. The molecule has 0 aliphatic carbocycles. The zero-order valence-electron chi connectivity index (χ0n) is 12.8. The number of nitrogens with one attached hydrogen (secondary N) is 1. The summed E-state index contributed by atoms with van der Waals surface area (Å²) < 4.78 is 5.16. The summed E-state index contributed by atoms with van der Waals surface area (Å²) in [5, 5.41) is 3.48. The molecular weight excluding hydrogens is 236 g/mol. The van der Waals surface area contributed by atoms with Crippen molar-refractivity contribution in [2.45, 2.75) is 26.8 Å². The van der Waals surface area contributed by atoms with Crippen LogP contribution in [0.3, 0.4) is 0 Å². The molecule has 0 aliphatic heterocycles. The van der Waals surface area contributed by atoms with Crippen molar-refractivity contribution in [3.05, 3.63) is 29.8 Å². The molecule has 0 heterocycles. The fourth-order valence-corrected chi connectivity index (χ4v) is 1.99. The van der Waals surface area contributed by atoms with E-state index < -0.39 is 0 Å². The Balaban J connectivity index is 2.17. The molecule has 0 unspecified atom stereocenters. The average molecular weight is 264 g/mol. The molecule has 0 fully saturated rings. The second-order valence-electron chi connectivity index (χ2n) is 5.54. The maximum atomic E-state index is 5.16. The van der Waals surface area contributed by atoms with Gasteiger partial charge in [0.15, 0.2) is 0 Å². The minimum atomic E-state index is 0.733. The molecule has 108 valence electrons. The zero-order chi connectivity index (χ0) is 14.1. The van der Waals surface area contributed by atoms with E-state index in [1.54, 1.807) is 7.11 Å². The first kappa shape index (κ1) is 16.0. The predicted molar refractivity (Wildman–Crippen MR) is 81.7 cm³/mol. The fraction of sp³-hybridized carbons (Fsp3) is 0.625. The van der Waals surface area contributed by atoms with Crippen LogP contribution in [-0.2, 0) is 6.54 Å². The van der Waals surface area contributed by atoms with E-state index in [2.05, 4.69) is 43.2 Å². The van der Waals surface area contributed by atoms with E-state index in [0.717, 1.165) is 37.8 Å². The summed E-state index contributed by atoms with van der Waals surface area (Å²) >= 11 is 0. The number of rotatable bonds is 9.